The molecule has 0 aliphatic rings. The lowest BCUT2D eigenvalue weighted by Crippen LogP contribution is -2.03. The molecule has 3 aromatic heterocycles. The number of nitrogen functional groups attached to an aromatic ring is 1. The highest BCUT2D eigenvalue weighted by Crippen LogP contribution is 2.20. The molecule has 0 radical (unpaired) electrons. The van der Waals surface area contributed by atoms with Crippen LogP contribution in [0, 0.1) is 0 Å². The van der Waals surface area contributed by atoms with Crippen LogP contribution in [0.5, 0.6) is 0 Å². The van der Waals surface area contributed by atoms with Crippen molar-refractivity contribution in [3.8, 4) is 5.95 Å². The fourth-order valence-electron chi connectivity index (χ4n) is 1.79. The zero-order valence-electron chi connectivity index (χ0n) is 9.25. The highest BCUT2D eigenvalue weighted by molar-refractivity contribution is 5.82. The molecule has 0 amide bonds. The molecular formula is C10H11N7. The molecule has 0 aliphatic heterocycles. The Kier molecular flexibility index (Phi) is 2.04. The SMILES string of the molecule is CCc1nc2c(N)ncnc2n1-c1ncc[nH]1. The van der Waals surface area contributed by atoms with Crippen LogP contribution in [0.3, 0.4) is 0 Å². The molecule has 0 fully saturated rings. The number of imidazole rings is 2. The van der Waals surface area contributed by atoms with Crippen LogP contribution in [0.4, 0.5) is 5.82 Å². The van der Waals surface area contributed by atoms with E-state index in [1.165, 1.54) is 6.33 Å². The van der Waals surface area contributed by atoms with Gasteiger partial charge >= 0.3 is 0 Å². The Bertz CT molecular complexity index is 653. The summed E-state index contributed by atoms with van der Waals surface area (Å²) in [5.74, 6) is 1.92. The van der Waals surface area contributed by atoms with Gasteiger partial charge in [-0.15, -0.1) is 0 Å². The number of nitrogens with zero attached hydrogens (tertiary/aromatic N) is 5. The van der Waals surface area contributed by atoms with E-state index >= 15 is 0 Å². The molecule has 0 saturated carbocycles. The summed E-state index contributed by atoms with van der Waals surface area (Å²) in [7, 11) is 0. The van der Waals surface area contributed by atoms with Gasteiger partial charge in [-0.3, -0.25) is 0 Å². The predicted molar refractivity (Wildman–Crippen MR) is 62.6 cm³/mol. The molecule has 0 bridgehead atoms. The van der Waals surface area contributed by atoms with Gasteiger partial charge in [0.25, 0.3) is 0 Å². The van der Waals surface area contributed by atoms with Crippen molar-refractivity contribution >= 4 is 17.0 Å². The minimum Gasteiger partial charge on any atom is -0.382 e. The van der Waals surface area contributed by atoms with Gasteiger partial charge in [-0.2, -0.15) is 0 Å². The Hall–Kier alpha value is -2.44. The van der Waals surface area contributed by atoms with Crippen molar-refractivity contribution < 1.29 is 0 Å². The number of H-pyrrole nitrogens is 1. The van der Waals surface area contributed by atoms with Gasteiger partial charge in [0, 0.05) is 18.8 Å². The largest absolute Gasteiger partial charge is 0.382 e. The highest BCUT2D eigenvalue weighted by atomic mass is 15.2. The summed E-state index contributed by atoms with van der Waals surface area (Å²) in [6.07, 6.45) is 5.63. The number of aromatic nitrogens is 6. The molecule has 0 aromatic carbocycles. The van der Waals surface area contributed by atoms with Crippen molar-refractivity contribution in [1.29, 1.82) is 0 Å². The van der Waals surface area contributed by atoms with Gasteiger partial charge in [0.2, 0.25) is 5.95 Å². The second kappa shape index (κ2) is 3.55. The lowest BCUT2D eigenvalue weighted by Gasteiger charge is -2.02. The molecule has 0 saturated heterocycles. The van der Waals surface area contributed by atoms with Gasteiger partial charge in [-0.05, 0) is 0 Å². The number of rotatable bonds is 2. The molecule has 17 heavy (non-hydrogen) atoms. The molecule has 3 aromatic rings. The quantitative estimate of drug-likeness (QED) is 0.673. The van der Waals surface area contributed by atoms with Crippen molar-refractivity contribution in [3.05, 3.63) is 24.5 Å². The van der Waals surface area contributed by atoms with E-state index < -0.39 is 0 Å². The molecule has 0 atom stereocenters. The fourth-order valence-corrected chi connectivity index (χ4v) is 1.79. The van der Waals surface area contributed by atoms with Gasteiger partial charge in [-0.1, -0.05) is 6.92 Å². The van der Waals surface area contributed by atoms with E-state index in [9.17, 15) is 0 Å². The average molecular weight is 229 g/mol. The smallest absolute Gasteiger partial charge is 0.214 e. The zero-order chi connectivity index (χ0) is 11.8. The Morgan fingerprint density at radius 2 is 2.24 bits per heavy atom. The van der Waals surface area contributed by atoms with E-state index in [2.05, 4.69) is 24.9 Å². The van der Waals surface area contributed by atoms with Crippen LogP contribution in [0.25, 0.3) is 17.1 Å². The van der Waals surface area contributed by atoms with Crippen molar-refractivity contribution in [3.63, 3.8) is 0 Å². The monoisotopic (exact) mass is 229 g/mol. The molecule has 0 unspecified atom stereocenters. The number of nitrogens with two attached hydrogens (primary N) is 1. The van der Waals surface area contributed by atoms with Crippen molar-refractivity contribution in [1.82, 2.24) is 29.5 Å². The maximum atomic E-state index is 5.79. The van der Waals surface area contributed by atoms with E-state index in [1.807, 2.05) is 11.5 Å². The number of fused-ring (bicyclic) bond motifs is 1. The molecule has 7 nitrogen and oxygen atoms in total. The van der Waals surface area contributed by atoms with E-state index in [1.54, 1.807) is 12.4 Å². The molecule has 3 rings (SSSR count). The third-order valence-electron chi connectivity index (χ3n) is 2.55. The summed E-state index contributed by atoms with van der Waals surface area (Å²) < 4.78 is 1.85. The first-order valence-electron chi connectivity index (χ1n) is 5.28. The summed E-state index contributed by atoms with van der Waals surface area (Å²) in [6.45, 7) is 2.02. The third kappa shape index (κ3) is 1.36. The summed E-state index contributed by atoms with van der Waals surface area (Å²) in [4.78, 5) is 19.8. The maximum Gasteiger partial charge on any atom is 0.214 e. The van der Waals surface area contributed by atoms with E-state index in [0.717, 1.165) is 12.2 Å². The number of hydrogen-bond donors (Lipinski definition) is 2. The predicted octanol–water partition coefficient (Wildman–Crippen LogP) is 0.683. The van der Waals surface area contributed by atoms with Gasteiger partial charge in [0.1, 0.15) is 12.2 Å². The molecular weight excluding hydrogens is 218 g/mol. The first-order chi connectivity index (χ1) is 8.31. The minimum absolute atomic E-state index is 0.384. The normalized spacial score (nSPS) is 11.1. The topological polar surface area (TPSA) is 98.3 Å². The molecule has 86 valence electrons. The number of aryl methyl sites for hydroxylation is 1. The molecule has 0 spiro atoms. The summed E-state index contributed by atoms with van der Waals surface area (Å²) in [5.41, 5.74) is 7.07. The van der Waals surface area contributed by atoms with Crippen LogP contribution in [0.2, 0.25) is 0 Å². The third-order valence-corrected chi connectivity index (χ3v) is 2.55. The highest BCUT2D eigenvalue weighted by Gasteiger charge is 2.15. The molecule has 3 heterocycles. The minimum atomic E-state index is 0.384. The van der Waals surface area contributed by atoms with Crippen LogP contribution in [-0.2, 0) is 6.42 Å². The maximum absolute atomic E-state index is 5.79. The second-order valence-corrected chi connectivity index (χ2v) is 3.56. The standard InChI is InChI=1S/C10H11N7/c1-2-6-16-7-8(11)14-5-15-9(7)17(6)10-12-3-4-13-10/h3-5H,2H2,1H3,(H,12,13)(H2,11,14,15). The van der Waals surface area contributed by atoms with Gasteiger partial charge in [0.05, 0.1) is 0 Å². The average Bonchev–Trinajstić information content (AvgIpc) is 2.94. The van der Waals surface area contributed by atoms with E-state index in [0.29, 0.717) is 22.9 Å². The van der Waals surface area contributed by atoms with Crippen LogP contribution >= 0.6 is 0 Å². The number of anilines is 1. The number of nitrogens with one attached hydrogen (secondary N) is 1. The second-order valence-electron chi connectivity index (χ2n) is 3.56. The van der Waals surface area contributed by atoms with Crippen molar-refractivity contribution in [2.45, 2.75) is 13.3 Å². The molecule has 3 N–H and O–H groups in total. The Labute approximate surface area is 96.7 Å². The van der Waals surface area contributed by atoms with Crippen molar-refractivity contribution in [2.75, 3.05) is 5.73 Å². The van der Waals surface area contributed by atoms with Crippen LogP contribution < -0.4 is 5.73 Å². The van der Waals surface area contributed by atoms with Gasteiger partial charge in [0.15, 0.2) is 17.0 Å². The summed E-state index contributed by atoms with van der Waals surface area (Å²) in [6, 6.07) is 0. The van der Waals surface area contributed by atoms with Gasteiger partial charge in [-0.25, -0.2) is 24.5 Å². The Balaban J connectivity index is 2.39. The van der Waals surface area contributed by atoms with Crippen molar-refractivity contribution in [2.24, 2.45) is 0 Å². The molecule has 7 heteroatoms. The first kappa shape index (κ1) is 9.76. The lowest BCUT2D eigenvalue weighted by molar-refractivity contribution is 0.861. The van der Waals surface area contributed by atoms with E-state index in [4.69, 9.17) is 5.73 Å². The zero-order valence-corrected chi connectivity index (χ0v) is 9.25. The lowest BCUT2D eigenvalue weighted by atomic mass is 10.4. The molecule has 0 aliphatic carbocycles. The Morgan fingerprint density at radius 1 is 1.35 bits per heavy atom. The van der Waals surface area contributed by atoms with Crippen LogP contribution in [-0.4, -0.2) is 29.5 Å². The number of aromatic amines is 1. The Morgan fingerprint density at radius 3 is 2.94 bits per heavy atom. The fraction of sp³-hybridized carbons (Fsp3) is 0.200. The van der Waals surface area contributed by atoms with Crippen LogP contribution in [0.1, 0.15) is 12.7 Å². The first-order valence-corrected chi connectivity index (χ1v) is 5.28. The number of hydrogen-bond acceptors (Lipinski definition) is 5. The summed E-state index contributed by atoms with van der Waals surface area (Å²) >= 11 is 0. The van der Waals surface area contributed by atoms with Gasteiger partial charge < -0.3 is 10.7 Å². The van der Waals surface area contributed by atoms with E-state index in [-0.39, 0.29) is 0 Å². The van der Waals surface area contributed by atoms with Crippen LogP contribution in [0.15, 0.2) is 18.7 Å². The summed E-state index contributed by atoms with van der Waals surface area (Å²) in [5, 5.41) is 0.